The summed E-state index contributed by atoms with van der Waals surface area (Å²) in [5, 5.41) is 10.5. The van der Waals surface area contributed by atoms with Gasteiger partial charge in [-0.1, -0.05) is 6.07 Å². The number of aliphatic hydroxyl groups excluding tert-OH is 1. The standard InChI is InChI=1S/C22H19F3N2O4/c1-13-9-20(28)27(15-4-6-16(7-5-15)31-22(23,24)25)11-17(13)14-3-8-19-18(10-14)26(2)21(29)12-30-19/h3-11,20,28H,12H2,1-2H3. The number of hydrogen-bond donors (Lipinski definition) is 1. The lowest BCUT2D eigenvalue weighted by molar-refractivity contribution is -0.274. The Balaban J connectivity index is 1.67. The minimum atomic E-state index is -4.77. The molecule has 0 radical (unpaired) electrons. The highest BCUT2D eigenvalue weighted by Gasteiger charge is 2.31. The minimum absolute atomic E-state index is 0.0154. The number of carbonyl (C=O) groups is 1. The molecule has 0 aliphatic carbocycles. The van der Waals surface area contributed by atoms with Crippen LogP contribution in [0.1, 0.15) is 12.5 Å². The highest BCUT2D eigenvalue weighted by atomic mass is 19.4. The Morgan fingerprint density at radius 2 is 1.87 bits per heavy atom. The Labute approximate surface area is 176 Å². The molecule has 0 fully saturated rings. The van der Waals surface area contributed by atoms with Crippen LogP contribution in [0.25, 0.3) is 5.57 Å². The molecule has 2 aliphatic heterocycles. The number of aliphatic hydroxyl groups is 1. The SMILES string of the molecule is CC1=CC(O)N(c2ccc(OC(F)(F)F)cc2)C=C1c1ccc2c(c1)N(C)C(=O)CO2. The van der Waals surface area contributed by atoms with Crippen LogP contribution in [0, 0.1) is 0 Å². The first-order chi connectivity index (χ1) is 14.6. The van der Waals surface area contributed by atoms with E-state index in [1.165, 1.54) is 34.1 Å². The highest BCUT2D eigenvalue weighted by Crippen LogP contribution is 2.38. The molecule has 4 rings (SSSR count). The maximum atomic E-state index is 12.4. The number of ether oxygens (including phenoxy) is 2. The van der Waals surface area contributed by atoms with Gasteiger partial charge in [-0.15, -0.1) is 13.2 Å². The molecule has 6 nitrogen and oxygen atoms in total. The van der Waals surface area contributed by atoms with E-state index in [0.29, 0.717) is 17.1 Å². The first-order valence-corrected chi connectivity index (χ1v) is 9.39. The van der Waals surface area contributed by atoms with E-state index in [0.717, 1.165) is 16.7 Å². The Bertz CT molecular complexity index is 1080. The van der Waals surface area contributed by atoms with Crippen LogP contribution in [0.2, 0.25) is 0 Å². The number of benzene rings is 2. The summed E-state index contributed by atoms with van der Waals surface area (Å²) in [6.07, 6.45) is -2.42. The van der Waals surface area contributed by atoms with Gasteiger partial charge in [0.1, 0.15) is 11.5 Å². The fraction of sp³-hybridized carbons (Fsp3) is 0.227. The van der Waals surface area contributed by atoms with E-state index >= 15 is 0 Å². The van der Waals surface area contributed by atoms with Crippen LogP contribution in [0.3, 0.4) is 0 Å². The molecular weight excluding hydrogens is 413 g/mol. The number of alkyl halides is 3. The average molecular weight is 432 g/mol. The van der Waals surface area contributed by atoms with Gasteiger partial charge in [-0.25, -0.2) is 0 Å². The summed E-state index contributed by atoms with van der Waals surface area (Å²) >= 11 is 0. The van der Waals surface area contributed by atoms with Crippen molar-refractivity contribution in [2.45, 2.75) is 19.5 Å². The van der Waals surface area contributed by atoms with E-state index < -0.39 is 12.6 Å². The molecule has 162 valence electrons. The Hall–Kier alpha value is -3.46. The monoisotopic (exact) mass is 432 g/mol. The molecule has 2 aliphatic rings. The minimum Gasteiger partial charge on any atom is -0.482 e. The number of likely N-dealkylation sites (N-methyl/N-ethyl adjacent to an activating group) is 1. The molecule has 1 N–H and O–H groups in total. The van der Waals surface area contributed by atoms with Crippen LogP contribution in [0.15, 0.2) is 60.3 Å². The van der Waals surface area contributed by atoms with Crippen molar-refractivity contribution in [1.29, 1.82) is 0 Å². The number of anilines is 2. The topological polar surface area (TPSA) is 62.2 Å². The van der Waals surface area contributed by atoms with Gasteiger partial charge in [0, 0.05) is 24.5 Å². The normalized spacial score (nSPS) is 18.8. The smallest absolute Gasteiger partial charge is 0.482 e. The van der Waals surface area contributed by atoms with Crippen molar-refractivity contribution in [2.24, 2.45) is 0 Å². The maximum Gasteiger partial charge on any atom is 0.573 e. The van der Waals surface area contributed by atoms with Gasteiger partial charge < -0.3 is 24.4 Å². The van der Waals surface area contributed by atoms with Crippen LogP contribution in [-0.4, -0.2) is 37.3 Å². The molecule has 1 unspecified atom stereocenters. The Morgan fingerprint density at radius 3 is 2.55 bits per heavy atom. The zero-order chi connectivity index (χ0) is 22.3. The molecule has 0 saturated carbocycles. The Morgan fingerprint density at radius 1 is 1.16 bits per heavy atom. The van der Waals surface area contributed by atoms with Crippen molar-refractivity contribution < 1.29 is 32.5 Å². The molecule has 0 aromatic heterocycles. The van der Waals surface area contributed by atoms with Crippen molar-refractivity contribution in [1.82, 2.24) is 0 Å². The summed E-state index contributed by atoms with van der Waals surface area (Å²) in [5.41, 5.74) is 3.51. The molecule has 0 bridgehead atoms. The average Bonchev–Trinajstić information content (AvgIpc) is 2.70. The van der Waals surface area contributed by atoms with Crippen molar-refractivity contribution in [3.05, 3.63) is 65.9 Å². The van der Waals surface area contributed by atoms with Gasteiger partial charge in [0.15, 0.2) is 12.8 Å². The number of amides is 1. The number of nitrogens with zero attached hydrogens (tertiary/aromatic N) is 2. The van der Waals surface area contributed by atoms with Gasteiger partial charge in [-0.2, -0.15) is 0 Å². The fourth-order valence-electron chi connectivity index (χ4n) is 3.50. The zero-order valence-corrected chi connectivity index (χ0v) is 16.7. The first kappa shape index (κ1) is 20.8. The molecule has 0 saturated heterocycles. The molecule has 2 aromatic carbocycles. The third-order valence-corrected chi connectivity index (χ3v) is 5.10. The van der Waals surface area contributed by atoms with Crippen molar-refractivity contribution in [3.8, 4) is 11.5 Å². The molecule has 2 heterocycles. The van der Waals surface area contributed by atoms with Crippen molar-refractivity contribution in [3.63, 3.8) is 0 Å². The number of carbonyl (C=O) groups excluding carboxylic acids is 1. The van der Waals surface area contributed by atoms with Crippen LogP contribution in [0.4, 0.5) is 24.5 Å². The number of rotatable bonds is 3. The lowest BCUT2D eigenvalue weighted by atomic mass is 9.95. The van der Waals surface area contributed by atoms with Gasteiger partial charge in [0.25, 0.3) is 5.91 Å². The van der Waals surface area contributed by atoms with Gasteiger partial charge >= 0.3 is 6.36 Å². The third kappa shape index (κ3) is 4.22. The van der Waals surface area contributed by atoms with E-state index in [1.807, 2.05) is 19.1 Å². The number of allylic oxidation sites excluding steroid dienone is 2. The van der Waals surface area contributed by atoms with Gasteiger partial charge in [-0.05, 0) is 60.5 Å². The lowest BCUT2D eigenvalue weighted by Crippen LogP contribution is -2.35. The quantitative estimate of drug-likeness (QED) is 0.793. The van der Waals surface area contributed by atoms with E-state index in [2.05, 4.69) is 4.74 Å². The largest absolute Gasteiger partial charge is 0.573 e. The van der Waals surface area contributed by atoms with Crippen LogP contribution in [-0.2, 0) is 4.79 Å². The molecule has 0 spiro atoms. The predicted molar refractivity (Wildman–Crippen MR) is 109 cm³/mol. The van der Waals surface area contributed by atoms with Gasteiger partial charge in [-0.3, -0.25) is 4.79 Å². The summed E-state index contributed by atoms with van der Waals surface area (Å²) in [6.45, 7) is 1.83. The first-order valence-electron chi connectivity index (χ1n) is 9.39. The van der Waals surface area contributed by atoms with Crippen LogP contribution < -0.4 is 19.3 Å². The van der Waals surface area contributed by atoms with Gasteiger partial charge in [0.05, 0.1) is 5.69 Å². The molecule has 2 aromatic rings. The molecule has 1 atom stereocenters. The summed E-state index contributed by atoms with van der Waals surface area (Å²) in [7, 11) is 1.67. The van der Waals surface area contributed by atoms with E-state index in [-0.39, 0.29) is 18.3 Å². The third-order valence-electron chi connectivity index (χ3n) is 5.10. The summed E-state index contributed by atoms with van der Waals surface area (Å²) in [4.78, 5) is 15.0. The molecule has 31 heavy (non-hydrogen) atoms. The predicted octanol–water partition coefficient (Wildman–Crippen LogP) is 4.07. The second-order valence-corrected chi connectivity index (χ2v) is 7.18. The fourth-order valence-corrected chi connectivity index (χ4v) is 3.50. The molecule has 9 heteroatoms. The maximum absolute atomic E-state index is 12.4. The Kier molecular flexibility index (Phi) is 5.14. The van der Waals surface area contributed by atoms with Crippen LogP contribution in [0.5, 0.6) is 11.5 Å². The second kappa shape index (κ2) is 7.66. The van der Waals surface area contributed by atoms with E-state index in [1.54, 1.807) is 25.4 Å². The number of halogens is 3. The number of hydrogen-bond acceptors (Lipinski definition) is 5. The van der Waals surface area contributed by atoms with Crippen molar-refractivity contribution in [2.75, 3.05) is 23.5 Å². The second-order valence-electron chi connectivity index (χ2n) is 7.18. The van der Waals surface area contributed by atoms with E-state index in [9.17, 15) is 23.1 Å². The van der Waals surface area contributed by atoms with Crippen molar-refractivity contribution >= 4 is 22.9 Å². The lowest BCUT2D eigenvalue weighted by Gasteiger charge is -2.31. The summed E-state index contributed by atoms with van der Waals surface area (Å²) < 4.78 is 46.5. The van der Waals surface area contributed by atoms with E-state index in [4.69, 9.17) is 4.74 Å². The molecular formula is C22H19F3N2O4. The summed E-state index contributed by atoms with van der Waals surface area (Å²) in [6, 6.07) is 10.7. The van der Waals surface area contributed by atoms with Gasteiger partial charge in [0.2, 0.25) is 0 Å². The highest BCUT2D eigenvalue weighted by molar-refractivity contribution is 5.98. The molecule has 1 amide bonds. The van der Waals surface area contributed by atoms with Crippen LogP contribution >= 0.6 is 0 Å². The zero-order valence-electron chi connectivity index (χ0n) is 16.7. The summed E-state index contributed by atoms with van der Waals surface area (Å²) in [5.74, 6) is 0.0925. The number of fused-ring (bicyclic) bond motifs is 1.